The topological polar surface area (TPSA) is 95.7 Å². The highest BCUT2D eigenvalue weighted by Gasteiger charge is 2.50. The summed E-state index contributed by atoms with van der Waals surface area (Å²) in [4.78, 5) is 30.0. The number of piperidine rings is 1. The first kappa shape index (κ1) is 15.9. The van der Waals surface area contributed by atoms with Crippen LogP contribution in [0.3, 0.4) is 0 Å². The molecule has 2 aromatic rings. The molecule has 1 aliphatic heterocycles. The summed E-state index contributed by atoms with van der Waals surface area (Å²) in [5, 5.41) is 12.0. The Morgan fingerprint density at radius 2 is 2.00 bits per heavy atom. The van der Waals surface area contributed by atoms with E-state index in [-0.39, 0.29) is 18.4 Å². The van der Waals surface area contributed by atoms with Crippen molar-refractivity contribution >= 4 is 29.0 Å². The number of carboxylic acids is 1. The van der Waals surface area contributed by atoms with Crippen molar-refractivity contribution < 1.29 is 19.1 Å². The molecule has 2 N–H and O–H groups in total. The number of aromatic nitrogens is 1. The van der Waals surface area contributed by atoms with Crippen molar-refractivity contribution in [2.24, 2.45) is 11.3 Å². The van der Waals surface area contributed by atoms with Crippen LogP contribution in [0.5, 0.6) is 0 Å². The first-order valence-electron chi connectivity index (χ1n) is 8.69. The fraction of sp³-hybridized carbons (Fsp3) is 0.500. The van der Waals surface area contributed by atoms with Crippen LogP contribution in [0.25, 0.3) is 11.1 Å². The van der Waals surface area contributed by atoms with Crippen molar-refractivity contribution in [1.82, 2.24) is 10.3 Å². The zero-order valence-electron chi connectivity index (χ0n) is 13.9. The van der Waals surface area contributed by atoms with Crippen molar-refractivity contribution in [3.63, 3.8) is 0 Å². The third-order valence-electron chi connectivity index (χ3n) is 5.33. The number of carbonyl (C=O) groups is 2. The molecule has 0 spiro atoms. The normalized spacial score (nSPS) is 19.8. The number of fused-ring (bicyclic) bond motifs is 1. The number of rotatable bonds is 5. The third kappa shape index (κ3) is 3.06. The summed E-state index contributed by atoms with van der Waals surface area (Å²) in [6.07, 6.45) is 2.73. The minimum atomic E-state index is -0.807. The average molecular weight is 343 g/mol. The second kappa shape index (κ2) is 6.06. The summed E-state index contributed by atoms with van der Waals surface area (Å²) in [6.45, 7) is 1.65. The number of hydrogen-bond donors (Lipinski definition) is 2. The Morgan fingerprint density at radius 3 is 2.64 bits per heavy atom. The molecule has 1 saturated heterocycles. The van der Waals surface area contributed by atoms with E-state index in [9.17, 15) is 14.7 Å². The molecule has 0 bridgehead atoms. The predicted molar refractivity (Wildman–Crippen MR) is 91.3 cm³/mol. The Kier molecular flexibility index (Phi) is 3.86. The quantitative estimate of drug-likeness (QED) is 0.862. The molecule has 132 valence electrons. The van der Waals surface area contributed by atoms with Gasteiger partial charge in [0.05, 0.1) is 5.41 Å². The number of para-hydroxylation sites is 2. The molecular formula is C18H21N3O4. The Morgan fingerprint density at radius 1 is 1.28 bits per heavy atom. The van der Waals surface area contributed by atoms with Crippen LogP contribution >= 0.6 is 0 Å². The molecule has 1 aromatic heterocycles. The molecule has 2 heterocycles. The highest BCUT2D eigenvalue weighted by Crippen LogP contribution is 2.45. The van der Waals surface area contributed by atoms with E-state index in [1.165, 1.54) is 0 Å². The van der Waals surface area contributed by atoms with Crippen LogP contribution in [0.4, 0.5) is 6.01 Å². The molecule has 7 heteroatoms. The number of amides is 1. The lowest BCUT2D eigenvalue weighted by molar-refractivity contribution is -0.143. The third-order valence-corrected chi connectivity index (χ3v) is 5.33. The number of carboxylic acid groups (broad SMARTS) is 1. The molecule has 0 radical (unpaired) electrons. The lowest BCUT2D eigenvalue weighted by atomic mass is 9.95. The van der Waals surface area contributed by atoms with Crippen LogP contribution in [-0.2, 0) is 9.59 Å². The molecule has 1 aliphatic carbocycles. The molecular weight excluding hydrogens is 322 g/mol. The summed E-state index contributed by atoms with van der Waals surface area (Å²) in [5.41, 5.74) is 0.885. The van der Waals surface area contributed by atoms with Gasteiger partial charge in [-0.25, -0.2) is 0 Å². The van der Waals surface area contributed by atoms with Crippen LogP contribution in [0.2, 0.25) is 0 Å². The van der Waals surface area contributed by atoms with Gasteiger partial charge in [0, 0.05) is 25.6 Å². The van der Waals surface area contributed by atoms with Crippen molar-refractivity contribution in [2.45, 2.75) is 25.7 Å². The van der Waals surface area contributed by atoms with E-state index in [1.54, 1.807) is 0 Å². The summed E-state index contributed by atoms with van der Waals surface area (Å²) >= 11 is 0. The highest BCUT2D eigenvalue weighted by molar-refractivity contribution is 5.82. The molecule has 1 amide bonds. The summed E-state index contributed by atoms with van der Waals surface area (Å²) in [6, 6.07) is 8.25. The largest absolute Gasteiger partial charge is 0.481 e. The summed E-state index contributed by atoms with van der Waals surface area (Å²) in [7, 11) is 0. The first-order valence-corrected chi connectivity index (χ1v) is 8.69. The zero-order chi connectivity index (χ0) is 17.4. The fourth-order valence-corrected chi connectivity index (χ4v) is 3.35. The molecule has 4 rings (SSSR count). The molecule has 2 fully saturated rings. The second-order valence-electron chi connectivity index (χ2n) is 7.03. The fourth-order valence-electron chi connectivity index (χ4n) is 3.35. The van der Waals surface area contributed by atoms with E-state index >= 15 is 0 Å². The number of benzene rings is 1. The van der Waals surface area contributed by atoms with Crippen LogP contribution in [0.15, 0.2) is 28.7 Å². The number of aliphatic carboxylic acids is 1. The summed E-state index contributed by atoms with van der Waals surface area (Å²) < 4.78 is 5.78. The van der Waals surface area contributed by atoms with Crippen LogP contribution in [0.1, 0.15) is 25.7 Å². The first-order chi connectivity index (χ1) is 12.1. The Hall–Kier alpha value is -2.57. The molecule has 2 aliphatic rings. The molecule has 0 atom stereocenters. The monoisotopic (exact) mass is 343 g/mol. The number of anilines is 1. The number of oxazole rings is 1. The Labute approximate surface area is 145 Å². The van der Waals surface area contributed by atoms with E-state index in [4.69, 9.17) is 4.42 Å². The van der Waals surface area contributed by atoms with Gasteiger partial charge in [-0.3, -0.25) is 9.59 Å². The van der Waals surface area contributed by atoms with Gasteiger partial charge in [-0.05, 0) is 37.8 Å². The van der Waals surface area contributed by atoms with Gasteiger partial charge in [-0.2, -0.15) is 4.98 Å². The maximum Gasteiger partial charge on any atom is 0.311 e. The lowest BCUT2D eigenvalue weighted by Crippen LogP contribution is -2.43. The molecule has 7 nitrogen and oxygen atoms in total. The van der Waals surface area contributed by atoms with Crippen LogP contribution in [0, 0.1) is 11.3 Å². The van der Waals surface area contributed by atoms with E-state index in [2.05, 4.69) is 15.2 Å². The van der Waals surface area contributed by atoms with Gasteiger partial charge in [-0.1, -0.05) is 12.1 Å². The number of nitrogens with one attached hydrogen (secondary N) is 1. The van der Waals surface area contributed by atoms with Gasteiger partial charge in [0.2, 0.25) is 5.91 Å². The van der Waals surface area contributed by atoms with Gasteiger partial charge in [0.25, 0.3) is 6.01 Å². The van der Waals surface area contributed by atoms with E-state index < -0.39 is 11.4 Å². The highest BCUT2D eigenvalue weighted by atomic mass is 16.4. The van der Waals surface area contributed by atoms with E-state index in [1.807, 2.05) is 24.3 Å². The number of hydrogen-bond acceptors (Lipinski definition) is 5. The molecule has 1 aromatic carbocycles. The van der Waals surface area contributed by atoms with Gasteiger partial charge >= 0.3 is 5.97 Å². The van der Waals surface area contributed by atoms with Gasteiger partial charge < -0.3 is 19.7 Å². The van der Waals surface area contributed by atoms with Gasteiger partial charge in [0.1, 0.15) is 5.52 Å². The number of carbonyl (C=O) groups excluding carboxylic acids is 1. The Balaban J connectivity index is 1.32. The van der Waals surface area contributed by atoms with Gasteiger partial charge in [0.15, 0.2) is 5.58 Å². The molecule has 0 unspecified atom stereocenters. The smallest absolute Gasteiger partial charge is 0.311 e. The zero-order valence-corrected chi connectivity index (χ0v) is 13.9. The van der Waals surface area contributed by atoms with E-state index in [0.717, 1.165) is 11.1 Å². The summed E-state index contributed by atoms with van der Waals surface area (Å²) in [5.74, 6) is -0.923. The Bertz CT molecular complexity index is 771. The standard InChI is InChI=1S/C18H21N3O4/c22-15(19-11-18(7-8-18)16(23)24)12-5-9-21(10-6-12)17-20-13-3-1-2-4-14(13)25-17/h1-4,12H,5-11H2,(H,19,22)(H,23,24). The minimum Gasteiger partial charge on any atom is -0.481 e. The molecule has 25 heavy (non-hydrogen) atoms. The van der Waals surface area contributed by atoms with E-state index in [0.29, 0.717) is 44.8 Å². The minimum absolute atomic E-state index is 0.0373. The predicted octanol–water partition coefficient (Wildman–Crippen LogP) is 2.03. The van der Waals surface area contributed by atoms with Gasteiger partial charge in [-0.15, -0.1) is 0 Å². The van der Waals surface area contributed by atoms with Crippen molar-refractivity contribution in [3.05, 3.63) is 24.3 Å². The van der Waals surface area contributed by atoms with Crippen molar-refractivity contribution in [2.75, 3.05) is 24.5 Å². The lowest BCUT2D eigenvalue weighted by Gasteiger charge is -2.30. The maximum atomic E-state index is 12.3. The number of nitrogens with zero attached hydrogens (tertiary/aromatic N) is 2. The van der Waals surface area contributed by atoms with Crippen LogP contribution in [-0.4, -0.2) is 41.6 Å². The van der Waals surface area contributed by atoms with Crippen molar-refractivity contribution in [1.29, 1.82) is 0 Å². The second-order valence-corrected chi connectivity index (χ2v) is 7.03. The average Bonchev–Trinajstić information content (AvgIpc) is 3.31. The van der Waals surface area contributed by atoms with Crippen molar-refractivity contribution in [3.8, 4) is 0 Å². The maximum absolute atomic E-state index is 12.3. The SMILES string of the molecule is O=C(NCC1(C(=O)O)CC1)C1CCN(c2nc3ccccc3o2)CC1. The van der Waals surface area contributed by atoms with Crippen LogP contribution < -0.4 is 10.2 Å². The molecule has 1 saturated carbocycles.